The third-order valence-corrected chi connectivity index (χ3v) is 5.19. The molecule has 27 heavy (non-hydrogen) atoms. The van der Waals surface area contributed by atoms with E-state index in [1.807, 2.05) is 6.07 Å². The zero-order valence-electron chi connectivity index (χ0n) is 15.5. The van der Waals surface area contributed by atoms with E-state index < -0.39 is 11.7 Å². The fourth-order valence-electron chi connectivity index (χ4n) is 3.86. The molecular weight excluding hydrogens is 353 g/mol. The zero-order valence-corrected chi connectivity index (χ0v) is 15.5. The van der Waals surface area contributed by atoms with Crippen LogP contribution in [0.25, 0.3) is 10.9 Å². The highest BCUT2D eigenvalue weighted by molar-refractivity contribution is 5.92. The predicted molar refractivity (Wildman–Crippen MR) is 98.8 cm³/mol. The van der Waals surface area contributed by atoms with E-state index in [9.17, 15) is 13.2 Å². The van der Waals surface area contributed by atoms with Gasteiger partial charge < -0.3 is 9.47 Å². The van der Waals surface area contributed by atoms with Gasteiger partial charge in [-0.2, -0.15) is 13.2 Å². The van der Waals surface area contributed by atoms with Gasteiger partial charge in [0.05, 0.1) is 23.3 Å². The quantitative estimate of drug-likeness (QED) is 0.654. The molecule has 0 saturated heterocycles. The molecule has 0 bridgehead atoms. The van der Waals surface area contributed by atoms with E-state index >= 15 is 0 Å². The second-order valence-electron chi connectivity index (χ2n) is 7.31. The highest BCUT2D eigenvalue weighted by Gasteiger charge is 2.31. The van der Waals surface area contributed by atoms with E-state index in [1.165, 1.54) is 11.8 Å². The maximum absolute atomic E-state index is 13.0. The van der Waals surface area contributed by atoms with Crippen LogP contribution in [0.5, 0.6) is 0 Å². The van der Waals surface area contributed by atoms with Gasteiger partial charge in [0, 0.05) is 48.9 Å². The van der Waals surface area contributed by atoms with Crippen molar-refractivity contribution in [3.8, 4) is 0 Å². The summed E-state index contributed by atoms with van der Waals surface area (Å²) in [5, 5.41) is 0.731. The van der Waals surface area contributed by atoms with Crippen LogP contribution in [0.2, 0.25) is 0 Å². The Morgan fingerprint density at radius 3 is 2.63 bits per heavy atom. The molecule has 0 N–H and O–H groups in total. The predicted octanol–water partition coefficient (Wildman–Crippen LogP) is 4.67. The molecule has 3 aromatic rings. The first-order valence-corrected chi connectivity index (χ1v) is 9.01. The van der Waals surface area contributed by atoms with Gasteiger partial charge in [-0.3, -0.25) is 4.98 Å². The molecule has 0 atom stereocenters. The summed E-state index contributed by atoms with van der Waals surface area (Å²) in [6.45, 7) is 5.69. The van der Waals surface area contributed by atoms with Gasteiger partial charge in [0.15, 0.2) is 0 Å². The van der Waals surface area contributed by atoms with Crippen molar-refractivity contribution in [3.63, 3.8) is 0 Å². The molecule has 0 spiro atoms. The Bertz CT molecular complexity index is 1000. The number of hydrogen-bond acceptors (Lipinski definition) is 3. The van der Waals surface area contributed by atoms with Crippen LogP contribution in [0.15, 0.2) is 30.5 Å². The second kappa shape index (κ2) is 6.25. The SMILES string of the molecule is CC(C)c1nc2c(n1C)CCN(c1ccnc3cc(C(F)(F)F)ccc13)C2. The van der Waals surface area contributed by atoms with Gasteiger partial charge in [0.2, 0.25) is 0 Å². The molecule has 3 heterocycles. The van der Waals surface area contributed by atoms with Gasteiger partial charge in [0.1, 0.15) is 5.82 Å². The van der Waals surface area contributed by atoms with Crippen molar-refractivity contribution < 1.29 is 13.2 Å². The summed E-state index contributed by atoms with van der Waals surface area (Å²) in [6.07, 6.45) is -1.94. The lowest BCUT2D eigenvalue weighted by molar-refractivity contribution is -0.137. The smallest absolute Gasteiger partial charge is 0.365 e. The zero-order chi connectivity index (χ0) is 19.3. The minimum Gasteiger partial charge on any atom is -0.365 e. The molecule has 0 unspecified atom stereocenters. The number of hydrogen-bond donors (Lipinski definition) is 0. The van der Waals surface area contributed by atoms with Crippen molar-refractivity contribution >= 4 is 16.6 Å². The molecule has 4 nitrogen and oxygen atoms in total. The Morgan fingerprint density at radius 2 is 1.93 bits per heavy atom. The van der Waals surface area contributed by atoms with Crippen molar-refractivity contribution in [2.75, 3.05) is 11.4 Å². The number of aromatic nitrogens is 3. The molecular formula is C20H21F3N4. The van der Waals surface area contributed by atoms with Gasteiger partial charge in [-0.05, 0) is 18.2 Å². The molecule has 0 saturated carbocycles. The number of rotatable bonds is 2. The van der Waals surface area contributed by atoms with Gasteiger partial charge in [0.25, 0.3) is 0 Å². The Balaban J connectivity index is 1.72. The number of nitrogens with zero attached hydrogens (tertiary/aromatic N) is 4. The normalized spacial score (nSPS) is 14.9. The summed E-state index contributed by atoms with van der Waals surface area (Å²) >= 11 is 0. The van der Waals surface area contributed by atoms with Crippen LogP contribution >= 0.6 is 0 Å². The largest absolute Gasteiger partial charge is 0.416 e. The highest BCUT2D eigenvalue weighted by atomic mass is 19.4. The van der Waals surface area contributed by atoms with Crippen molar-refractivity contribution in [2.45, 2.75) is 38.9 Å². The molecule has 0 amide bonds. The van der Waals surface area contributed by atoms with Crippen LogP contribution in [0.1, 0.15) is 42.5 Å². The fraction of sp³-hybridized carbons (Fsp3) is 0.400. The monoisotopic (exact) mass is 374 g/mol. The summed E-state index contributed by atoms with van der Waals surface area (Å²) in [5.74, 6) is 1.41. The van der Waals surface area contributed by atoms with Gasteiger partial charge >= 0.3 is 6.18 Å². The molecule has 1 aliphatic heterocycles. The topological polar surface area (TPSA) is 34.0 Å². The molecule has 0 fully saturated rings. The van der Waals surface area contributed by atoms with Crippen LogP contribution in [-0.2, 0) is 26.2 Å². The Hall–Kier alpha value is -2.57. The van der Waals surface area contributed by atoms with E-state index in [-0.39, 0.29) is 0 Å². The average molecular weight is 374 g/mol. The number of pyridine rings is 1. The van der Waals surface area contributed by atoms with Crippen molar-refractivity contribution in [1.29, 1.82) is 0 Å². The molecule has 7 heteroatoms. The van der Waals surface area contributed by atoms with Gasteiger partial charge in [-0.25, -0.2) is 4.98 Å². The van der Waals surface area contributed by atoms with Crippen molar-refractivity contribution in [3.05, 3.63) is 53.2 Å². The molecule has 1 aliphatic rings. The number of alkyl halides is 3. The first-order chi connectivity index (χ1) is 12.8. The van der Waals surface area contributed by atoms with Gasteiger partial charge in [-0.1, -0.05) is 19.9 Å². The molecule has 0 aliphatic carbocycles. The third-order valence-electron chi connectivity index (χ3n) is 5.19. The molecule has 142 valence electrons. The van der Waals surface area contributed by atoms with E-state index in [0.29, 0.717) is 18.0 Å². The van der Waals surface area contributed by atoms with Crippen LogP contribution in [-0.4, -0.2) is 21.1 Å². The van der Waals surface area contributed by atoms with Crippen LogP contribution in [0.4, 0.5) is 18.9 Å². The Labute approximate surface area is 155 Å². The second-order valence-corrected chi connectivity index (χ2v) is 7.31. The average Bonchev–Trinajstić information content (AvgIpc) is 2.96. The summed E-state index contributed by atoms with van der Waals surface area (Å²) in [5.41, 5.74) is 2.87. The lowest BCUT2D eigenvalue weighted by atomic mass is 10.1. The summed E-state index contributed by atoms with van der Waals surface area (Å²) in [4.78, 5) is 11.1. The maximum atomic E-state index is 13.0. The van der Waals surface area contributed by atoms with Crippen molar-refractivity contribution in [1.82, 2.24) is 14.5 Å². The number of anilines is 1. The van der Waals surface area contributed by atoms with E-state index in [0.717, 1.165) is 47.7 Å². The first kappa shape index (κ1) is 17.8. The van der Waals surface area contributed by atoms with E-state index in [4.69, 9.17) is 4.98 Å². The van der Waals surface area contributed by atoms with Crippen LogP contribution in [0.3, 0.4) is 0 Å². The Morgan fingerprint density at radius 1 is 1.15 bits per heavy atom. The minimum absolute atomic E-state index is 0.344. The number of imidazole rings is 1. The molecule has 4 rings (SSSR count). The van der Waals surface area contributed by atoms with Gasteiger partial charge in [-0.15, -0.1) is 0 Å². The molecule has 0 radical (unpaired) electrons. The summed E-state index contributed by atoms with van der Waals surface area (Å²) < 4.78 is 41.2. The minimum atomic E-state index is -4.37. The number of halogens is 3. The standard InChI is InChI=1S/C20H21F3N4/c1-12(2)19-25-16-11-27(9-7-18(16)26(19)3)17-6-8-24-15-10-13(20(21,22)23)4-5-14(15)17/h4-6,8,10,12H,7,9,11H2,1-3H3. The van der Waals surface area contributed by atoms with E-state index in [1.54, 1.807) is 6.20 Å². The first-order valence-electron chi connectivity index (χ1n) is 9.01. The van der Waals surface area contributed by atoms with E-state index in [2.05, 4.69) is 35.3 Å². The number of benzene rings is 1. The highest BCUT2D eigenvalue weighted by Crippen LogP contribution is 2.35. The summed E-state index contributed by atoms with van der Waals surface area (Å²) in [7, 11) is 2.05. The molecule has 1 aromatic carbocycles. The lowest BCUT2D eigenvalue weighted by Gasteiger charge is -2.29. The molecule has 2 aromatic heterocycles. The summed E-state index contributed by atoms with van der Waals surface area (Å²) in [6, 6.07) is 5.63. The third kappa shape index (κ3) is 3.05. The van der Waals surface area contributed by atoms with Crippen LogP contribution < -0.4 is 4.90 Å². The lowest BCUT2D eigenvalue weighted by Crippen LogP contribution is -2.31. The fourth-order valence-corrected chi connectivity index (χ4v) is 3.86. The van der Waals surface area contributed by atoms with Crippen molar-refractivity contribution in [2.24, 2.45) is 7.05 Å². The van der Waals surface area contributed by atoms with Crippen LogP contribution in [0, 0.1) is 0 Å². The number of fused-ring (bicyclic) bond motifs is 2. The maximum Gasteiger partial charge on any atom is 0.416 e. The Kier molecular flexibility index (Phi) is 4.13.